The van der Waals surface area contributed by atoms with E-state index < -0.39 is 52.9 Å². The minimum atomic E-state index is -4.64. The number of carbonyl (C=O) groups is 1. The summed E-state index contributed by atoms with van der Waals surface area (Å²) < 4.78 is 132. The molecule has 0 fully saturated rings. The lowest BCUT2D eigenvalue weighted by Crippen LogP contribution is -2.33. The quantitative estimate of drug-likeness (QED) is 0.0485. The molecule has 4 rings (SSSR count). The van der Waals surface area contributed by atoms with Crippen molar-refractivity contribution < 1.29 is 77.1 Å². The number of anilines is 1. The van der Waals surface area contributed by atoms with Crippen molar-refractivity contribution in [2.75, 3.05) is 90.8 Å². The summed E-state index contributed by atoms with van der Waals surface area (Å²) in [6.07, 6.45) is 7.73. The van der Waals surface area contributed by atoms with Crippen LogP contribution >= 0.6 is 0 Å². The first kappa shape index (κ1) is 52.0. The second-order valence-corrected chi connectivity index (χ2v) is 20.2. The van der Waals surface area contributed by atoms with Gasteiger partial charge in [-0.2, -0.15) is 29.8 Å². The number of aliphatic carboxylic acids is 1. The first-order valence-electron chi connectivity index (χ1n) is 20.6. The number of carboxylic acids is 1. The van der Waals surface area contributed by atoms with E-state index in [0.717, 1.165) is 5.71 Å². The molecule has 0 spiro atoms. The van der Waals surface area contributed by atoms with Gasteiger partial charge in [0.1, 0.15) is 6.54 Å². The van der Waals surface area contributed by atoms with Gasteiger partial charge in [-0.25, -0.2) is 0 Å². The Balaban J connectivity index is 1.79. The van der Waals surface area contributed by atoms with Gasteiger partial charge in [0, 0.05) is 74.7 Å². The zero-order chi connectivity index (χ0) is 46.5. The Morgan fingerprint density at radius 3 is 1.89 bits per heavy atom. The van der Waals surface area contributed by atoms with E-state index in [1.807, 2.05) is 35.5 Å². The van der Waals surface area contributed by atoms with Gasteiger partial charge < -0.3 is 33.7 Å². The molecule has 0 amide bonds. The number of allylic oxidation sites excluding steroid dienone is 4. The van der Waals surface area contributed by atoms with Crippen LogP contribution in [0.3, 0.4) is 0 Å². The first-order chi connectivity index (χ1) is 29.7. The fraction of sp³-hybridized carbons (Fsp3) is 0.571. The second-order valence-electron chi connectivity index (χ2n) is 15.7. The van der Waals surface area contributed by atoms with Gasteiger partial charge in [0.25, 0.3) is 30.4 Å². The van der Waals surface area contributed by atoms with Crippen molar-refractivity contribution in [1.29, 1.82) is 0 Å². The van der Waals surface area contributed by atoms with Crippen LogP contribution in [0.25, 0.3) is 0 Å². The van der Waals surface area contributed by atoms with E-state index in [1.165, 1.54) is 24.3 Å². The van der Waals surface area contributed by atoms with Gasteiger partial charge in [0.05, 0.1) is 67.2 Å². The highest BCUT2D eigenvalue weighted by Gasteiger charge is 2.48. The molecule has 18 nitrogen and oxygen atoms in total. The predicted octanol–water partition coefficient (Wildman–Crippen LogP) is 4.80. The minimum absolute atomic E-state index is 0.00365. The largest absolute Gasteiger partial charge is 0.481 e. The topological polar surface area (TPSA) is 253 Å². The van der Waals surface area contributed by atoms with Crippen LogP contribution in [0.15, 0.2) is 70.1 Å². The molecule has 2 aromatic rings. The van der Waals surface area contributed by atoms with Gasteiger partial charge >= 0.3 is 5.97 Å². The molecule has 63 heavy (non-hydrogen) atoms. The lowest BCUT2D eigenvalue weighted by Gasteiger charge is -2.30. The Bertz CT molecular complexity index is 2330. The molecule has 2 atom stereocenters. The molecule has 352 valence electrons. The Kier molecular flexibility index (Phi) is 19.0. The van der Waals surface area contributed by atoms with Crippen molar-refractivity contribution in [2.24, 2.45) is 0 Å². The number of fused-ring (bicyclic) bond motifs is 2. The van der Waals surface area contributed by atoms with Crippen LogP contribution < -0.4 is 4.90 Å². The number of hydrogen-bond acceptors (Lipinski definition) is 13. The molecule has 0 bridgehead atoms. The lowest BCUT2D eigenvalue weighted by molar-refractivity contribution is -0.438. The number of benzene rings is 2. The highest BCUT2D eigenvalue weighted by atomic mass is 32.2. The van der Waals surface area contributed by atoms with Crippen LogP contribution in [0.5, 0.6) is 0 Å². The molecule has 0 saturated heterocycles. The second kappa shape index (κ2) is 23.0. The number of methoxy groups -OCH3 is 2. The van der Waals surface area contributed by atoms with Crippen molar-refractivity contribution in [3.05, 3.63) is 71.5 Å². The number of carboxylic acid groups (broad SMARTS) is 1. The van der Waals surface area contributed by atoms with Crippen LogP contribution in [-0.4, -0.2) is 146 Å². The summed E-state index contributed by atoms with van der Waals surface area (Å²) in [5, 5.41) is 9.19. The van der Waals surface area contributed by atoms with Gasteiger partial charge in [-0.3, -0.25) is 18.5 Å². The van der Waals surface area contributed by atoms with Crippen LogP contribution in [0, 0.1) is 0 Å². The Hall–Kier alpha value is -3.61. The standard InChI is InChI=1S/C42H60N2O16S3/c1-41(17-9-29-61(47,48)49)34-30-32(62(50,51)52)14-16-37(34)44(20-22-58-25-26-60-28-27-59-24-23-57-4)38(41)10-8-11-39-42(2,18-21-56-3)35-31-33(63(53,54)55)13-15-36(35)43(39)19-7-5-6-12-40(45)46/h8,10-11,13-16,30-31H,5-7,9,12,17-29H2,1-4H3,(H3-,45,46,47,48,49,50,51,52,53,54,55)/p+1. The van der Waals surface area contributed by atoms with Gasteiger partial charge in [-0.1, -0.05) is 6.08 Å². The van der Waals surface area contributed by atoms with E-state index in [9.17, 15) is 48.8 Å². The summed E-state index contributed by atoms with van der Waals surface area (Å²) in [7, 11) is -10.4. The third-order valence-electron chi connectivity index (χ3n) is 11.3. The molecule has 2 aliphatic rings. The minimum Gasteiger partial charge on any atom is -0.481 e. The van der Waals surface area contributed by atoms with Gasteiger partial charge in [0.15, 0.2) is 5.71 Å². The highest BCUT2D eigenvalue weighted by molar-refractivity contribution is 7.86. The monoisotopic (exact) mass is 945 g/mol. The van der Waals surface area contributed by atoms with E-state index in [1.54, 1.807) is 32.4 Å². The van der Waals surface area contributed by atoms with Crippen LogP contribution in [0.4, 0.5) is 11.4 Å². The molecular formula is C42H61N2O16S3+. The van der Waals surface area contributed by atoms with E-state index >= 15 is 0 Å². The van der Waals surface area contributed by atoms with Crippen molar-refractivity contribution in [2.45, 2.75) is 79.4 Å². The van der Waals surface area contributed by atoms with Crippen LogP contribution in [-0.2, 0) is 69.7 Å². The lowest BCUT2D eigenvalue weighted by atomic mass is 9.76. The Labute approximate surface area is 370 Å². The van der Waals surface area contributed by atoms with E-state index in [2.05, 4.69) is 0 Å². The zero-order valence-corrected chi connectivity index (χ0v) is 38.7. The highest BCUT2D eigenvalue weighted by Crippen LogP contribution is 2.51. The summed E-state index contributed by atoms with van der Waals surface area (Å²) in [6, 6.07) is 8.63. The summed E-state index contributed by atoms with van der Waals surface area (Å²) in [5.74, 6) is -1.45. The summed E-state index contributed by atoms with van der Waals surface area (Å²) in [5.41, 5.74) is 1.90. The molecule has 4 N–H and O–H groups in total. The molecule has 2 heterocycles. The Morgan fingerprint density at radius 1 is 0.714 bits per heavy atom. The number of hydrogen-bond donors (Lipinski definition) is 4. The summed E-state index contributed by atoms with van der Waals surface area (Å²) in [4.78, 5) is 12.5. The van der Waals surface area contributed by atoms with Gasteiger partial charge in [-0.05, 0) is 87.9 Å². The van der Waals surface area contributed by atoms with Crippen molar-refractivity contribution >= 4 is 53.4 Å². The van der Waals surface area contributed by atoms with Crippen molar-refractivity contribution in [3.63, 3.8) is 0 Å². The maximum Gasteiger partial charge on any atom is 0.303 e. The number of unbranched alkanes of at least 4 members (excludes halogenated alkanes) is 2. The Morgan fingerprint density at radius 2 is 1.30 bits per heavy atom. The fourth-order valence-electron chi connectivity index (χ4n) is 8.10. The van der Waals surface area contributed by atoms with E-state index in [4.69, 9.17) is 23.7 Å². The van der Waals surface area contributed by atoms with Crippen LogP contribution in [0.1, 0.15) is 69.9 Å². The first-order valence-corrected chi connectivity index (χ1v) is 25.1. The molecule has 0 aliphatic carbocycles. The maximum atomic E-state index is 12.4. The molecule has 0 aromatic heterocycles. The number of nitrogens with zero attached hydrogens (tertiary/aromatic N) is 2. The molecule has 21 heteroatoms. The molecule has 2 unspecified atom stereocenters. The fourth-order valence-corrected chi connectivity index (χ4v) is 9.62. The molecule has 0 saturated carbocycles. The molecular weight excluding hydrogens is 885 g/mol. The van der Waals surface area contributed by atoms with Gasteiger partial charge in [0.2, 0.25) is 5.69 Å². The third kappa shape index (κ3) is 14.2. The molecule has 0 radical (unpaired) electrons. The maximum absolute atomic E-state index is 12.4. The van der Waals surface area contributed by atoms with E-state index in [0.29, 0.717) is 93.5 Å². The average molecular weight is 946 g/mol. The van der Waals surface area contributed by atoms with Crippen LogP contribution in [0.2, 0.25) is 0 Å². The van der Waals surface area contributed by atoms with Gasteiger partial charge in [-0.15, -0.1) is 0 Å². The summed E-state index contributed by atoms with van der Waals surface area (Å²) in [6.45, 7) is 7.20. The van der Waals surface area contributed by atoms with Crippen molar-refractivity contribution in [3.8, 4) is 0 Å². The number of ether oxygens (including phenoxy) is 5. The van der Waals surface area contributed by atoms with Crippen molar-refractivity contribution in [1.82, 2.24) is 0 Å². The molecule has 2 aromatic carbocycles. The smallest absolute Gasteiger partial charge is 0.303 e. The predicted molar refractivity (Wildman–Crippen MR) is 234 cm³/mol. The number of rotatable bonds is 29. The zero-order valence-electron chi connectivity index (χ0n) is 36.2. The third-order valence-corrected chi connectivity index (χ3v) is 13.8. The SMILES string of the molecule is COCCOCCOCCOCCN1/C(=C/C=C/C2=[N+](CCCCCC(=O)O)c3ccc(S(=O)(=O)O)cc3C2(C)CCOC)C(C)(CCCS(=O)(=O)O)c2cc(S(=O)(=O)O)ccc21. The average Bonchev–Trinajstić information content (AvgIpc) is 3.57. The summed E-state index contributed by atoms with van der Waals surface area (Å²) >= 11 is 0. The molecule has 2 aliphatic heterocycles. The van der Waals surface area contributed by atoms with E-state index in [-0.39, 0.29) is 55.4 Å². The normalized spacial score (nSPS) is 19.7.